The Morgan fingerprint density at radius 1 is 1.14 bits per heavy atom. The molecule has 0 atom stereocenters. The van der Waals surface area contributed by atoms with Crippen LogP contribution in [-0.4, -0.2) is 28.3 Å². The molecule has 2 aromatic heterocycles. The maximum atomic E-state index is 12.5. The van der Waals surface area contributed by atoms with Crippen molar-refractivity contribution in [2.45, 2.75) is 33.1 Å². The molecule has 3 rings (SSSR count). The second-order valence-corrected chi connectivity index (χ2v) is 7.20. The summed E-state index contributed by atoms with van der Waals surface area (Å²) in [5.74, 6) is -0.629. The molecule has 1 aromatic carbocycles. The van der Waals surface area contributed by atoms with Gasteiger partial charge in [-0.15, -0.1) is 11.3 Å². The van der Waals surface area contributed by atoms with Crippen molar-refractivity contribution < 1.29 is 14.3 Å². The molecule has 0 aliphatic rings. The predicted octanol–water partition coefficient (Wildman–Crippen LogP) is 4.30. The fraction of sp³-hybridized carbons (Fsp3) is 0.273. The van der Waals surface area contributed by atoms with E-state index in [4.69, 9.17) is 4.74 Å². The van der Waals surface area contributed by atoms with Crippen molar-refractivity contribution in [1.29, 1.82) is 0 Å². The zero-order chi connectivity index (χ0) is 19.9. The van der Waals surface area contributed by atoms with E-state index in [1.165, 1.54) is 11.3 Å². The van der Waals surface area contributed by atoms with Gasteiger partial charge in [-0.3, -0.25) is 14.6 Å². The van der Waals surface area contributed by atoms with Crippen molar-refractivity contribution in [2.24, 2.45) is 0 Å². The van der Waals surface area contributed by atoms with Crippen LogP contribution in [0.3, 0.4) is 0 Å². The van der Waals surface area contributed by atoms with Crippen LogP contribution >= 0.6 is 11.3 Å². The van der Waals surface area contributed by atoms with Gasteiger partial charge in [0.25, 0.3) is 0 Å². The monoisotopic (exact) mass is 394 g/mol. The number of aromatic nitrogens is 2. The van der Waals surface area contributed by atoms with Crippen molar-refractivity contribution in [3.05, 3.63) is 70.5 Å². The highest BCUT2D eigenvalue weighted by atomic mass is 32.1. The van der Waals surface area contributed by atoms with Crippen molar-refractivity contribution in [2.75, 3.05) is 6.61 Å². The van der Waals surface area contributed by atoms with E-state index in [1.807, 2.05) is 49.6 Å². The van der Waals surface area contributed by atoms with Crippen LogP contribution in [0.25, 0.3) is 10.6 Å². The number of Topliss-reactive ketones (excluding diaryl/α,β-unsaturated/α-hetero) is 1. The van der Waals surface area contributed by atoms with Gasteiger partial charge in [-0.2, -0.15) is 0 Å². The van der Waals surface area contributed by atoms with Crippen LogP contribution in [0.5, 0.6) is 0 Å². The first-order valence-corrected chi connectivity index (χ1v) is 10.1. The average molecular weight is 394 g/mol. The van der Waals surface area contributed by atoms with Gasteiger partial charge >= 0.3 is 5.97 Å². The number of thiazole rings is 1. The molecule has 2 heterocycles. The molecule has 0 amide bonds. The Labute approximate surface area is 168 Å². The first-order valence-electron chi connectivity index (χ1n) is 9.26. The summed E-state index contributed by atoms with van der Waals surface area (Å²) in [6.07, 6.45) is 5.09. The van der Waals surface area contributed by atoms with Crippen molar-refractivity contribution in [1.82, 2.24) is 9.97 Å². The van der Waals surface area contributed by atoms with Crippen LogP contribution in [0.2, 0.25) is 0 Å². The van der Waals surface area contributed by atoms with Gasteiger partial charge in [-0.1, -0.05) is 26.0 Å². The first kappa shape index (κ1) is 19.9. The predicted molar refractivity (Wildman–Crippen MR) is 110 cm³/mol. The SMILES string of the molecule is CCc1ccc(CC)c(C(=O)COC(=O)Cc2csc(-c3cccnc3)n2)c1. The molecule has 0 N–H and O–H groups in total. The molecule has 0 saturated heterocycles. The average Bonchev–Trinajstić information content (AvgIpc) is 3.20. The van der Waals surface area contributed by atoms with Crippen molar-refractivity contribution >= 4 is 23.1 Å². The number of benzene rings is 1. The maximum Gasteiger partial charge on any atom is 0.312 e. The van der Waals surface area contributed by atoms with E-state index in [0.29, 0.717) is 11.3 Å². The van der Waals surface area contributed by atoms with Gasteiger partial charge in [0.15, 0.2) is 6.61 Å². The number of pyridine rings is 1. The zero-order valence-corrected chi connectivity index (χ0v) is 16.8. The van der Waals surface area contributed by atoms with Crippen LogP contribution < -0.4 is 0 Å². The van der Waals surface area contributed by atoms with Gasteiger partial charge in [-0.05, 0) is 42.2 Å². The van der Waals surface area contributed by atoms with Crippen LogP contribution in [-0.2, 0) is 28.8 Å². The summed E-state index contributed by atoms with van der Waals surface area (Å²) in [6.45, 7) is 3.80. The Balaban J connectivity index is 1.59. The fourth-order valence-electron chi connectivity index (χ4n) is 2.84. The number of ether oxygens (including phenoxy) is 1. The van der Waals surface area contributed by atoms with Crippen LogP contribution in [0.4, 0.5) is 0 Å². The number of nitrogens with zero attached hydrogens (tertiary/aromatic N) is 2. The van der Waals surface area contributed by atoms with E-state index < -0.39 is 5.97 Å². The van der Waals surface area contributed by atoms with Gasteiger partial charge in [0, 0.05) is 28.9 Å². The quantitative estimate of drug-likeness (QED) is 0.421. The van der Waals surface area contributed by atoms with Gasteiger partial charge in [-0.25, -0.2) is 4.98 Å². The van der Waals surface area contributed by atoms with Gasteiger partial charge in [0.2, 0.25) is 5.78 Å². The zero-order valence-electron chi connectivity index (χ0n) is 16.0. The minimum absolute atomic E-state index is 0.0413. The smallest absolute Gasteiger partial charge is 0.312 e. The number of carbonyl (C=O) groups excluding carboxylic acids is 2. The molecule has 5 nitrogen and oxygen atoms in total. The molecule has 28 heavy (non-hydrogen) atoms. The summed E-state index contributed by atoms with van der Waals surface area (Å²) in [5.41, 5.74) is 4.24. The summed E-state index contributed by atoms with van der Waals surface area (Å²) >= 11 is 1.45. The summed E-state index contributed by atoms with van der Waals surface area (Å²) in [7, 11) is 0. The van der Waals surface area contributed by atoms with Crippen LogP contribution in [0.15, 0.2) is 48.1 Å². The maximum absolute atomic E-state index is 12.5. The van der Waals surface area contributed by atoms with Gasteiger partial charge < -0.3 is 4.74 Å². The summed E-state index contributed by atoms with van der Waals surface area (Å²) in [5, 5.41) is 2.63. The Kier molecular flexibility index (Phi) is 6.66. The minimum Gasteiger partial charge on any atom is -0.457 e. The third kappa shape index (κ3) is 4.89. The summed E-state index contributed by atoms with van der Waals surface area (Å²) < 4.78 is 5.21. The molecule has 0 spiro atoms. The molecule has 0 aliphatic heterocycles. The first-order chi connectivity index (χ1) is 13.6. The molecule has 0 bridgehead atoms. The Morgan fingerprint density at radius 2 is 2.00 bits per heavy atom. The highest BCUT2D eigenvalue weighted by Gasteiger charge is 2.15. The molecular weight excluding hydrogens is 372 g/mol. The topological polar surface area (TPSA) is 69.2 Å². The van der Waals surface area contributed by atoms with E-state index in [9.17, 15) is 9.59 Å². The largest absolute Gasteiger partial charge is 0.457 e. The standard InChI is InChI=1S/C22H22N2O3S/c1-3-15-7-8-16(4-2)19(10-15)20(25)13-27-21(26)11-18-14-28-22(24-18)17-6-5-9-23-12-17/h5-10,12,14H,3-4,11,13H2,1-2H3. The third-order valence-corrected chi connectivity index (χ3v) is 5.35. The molecule has 3 aromatic rings. The third-order valence-electron chi connectivity index (χ3n) is 4.41. The molecule has 6 heteroatoms. The molecule has 0 radical (unpaired) electrons. The molecule has 0 aliphatic carbocycles. The molecule has 0 fully saturated rings. The van der Waals surface area contributed by atoms with E-state index >= 15 is 0 Å². The lowest BCUT2D eigenvalue weighted by Crippen LogP contribution is -2.17. The second kappa shape index (κ2) is 9.37. The van der Waals surface area contributed by atoms with Gasteiger partial charge in [0.1, 0.15) is 5.01 Å². The number of rotatable bonds is 8. The molecule has 0 saturated carbocycles. The van der Waals surface area contributed by atoms with E-state index in [0.717, 1.165) is 34.5 Å². The van der Waals surface area contributed by atoms with Crippen molar-refractivity contribution in [3.63, 3.8) is 0 Å². The summed E-state index contributed by atoms with van der Waals surface area (Å²) in [6, 6.07) is 9.67. The number of esters is 1. The van der Waals surface area contributed by atoms with Gasteiger partial charge in [0.05, 0.1) is 12.1 Å². The lowest BCUT2D eigenvalue weighted by molar-refractivity contribution is -0.141. The Hall–Kier alpha value is -2.86. The lowest BCUT2D eigenvalue weighted by Gasteiger charge is -2.09. The highest BCUT2D eigenvalue weighted by molar-refractivity contribution is 7.13. The Bertz CT molecular complexity index is 967. The number of carbonyl (C=O) groups is 2. The van der Waals surface area contributed by atoms with Crippen molar-refractivity contribution in [3.8, 4) is 10.6 Å². The van der Waals surface area contributed by atoms with E-state index in [1.54, 1.807) is 12.4 Å². The lowest BCUT2D eigenvalue weighted by atomic mass is 9.98. The van der Waals surface area contributed by atoms with Crippen LogP contribution in [0, 0.1) is 0 Å². The highest BCUT2D eigenvalue weighted by Crippen LogP contribution is 2.23. The number of ketones is 1. The number of hydrogen-bond acceptors (Lipinski definition) is 6. The summed E-state index contributed by atoms with van der Waals surface area (Å²) in [4.78, 5) is 33.2. The van der Waals surface area contributed by atoms with E-state index in [2.05, 4.69) is 9.97 Å². The number of aryl methyl sites for hydroxylation is 2. The minimum atomic E-state index is -0.457. The second-order valence-electron chi connectivity index (χ2n) is 6.34. The molecular formula is C22H22N2O3S. The number of hydrogen-bond donors (Lipinski definition) is 0. The molecule has 144 valence electrons. The fourth-order valence-corrected chi connectivity index (χ4v) is 3.65. The van der Waals surface area contributed by atoms with E-state index in [-0.39, 0.29) is 18.8 Å². The van der Waals surface area contributed by atoms with Crippen LogP contribution in [0.1, 0.15) is 41.0 Å². The normalized spacial score (nSPS) is 10.6. The Morgan fingerprint density at radius 3 is 2.71 bits per heavy atom. The molecule has 0 unspecified atom stereocenters.